The molecule has 0 aromatic carbocycles. The standard InChI is InChI=1S/C11H20O/c1-8-6-5-7-11(3,4)10(8)9(2)12/h8,10H,5-7H2,1-4H3/t8?,10-/m1/s1. The Labute approximate surface area is 75.5 Å². The number of rotatable bonds is 1. The molecule has 1 heteroatoms. The maximum atomic E-state index is 11.4. The zero-order valence-corrected chi connectivity index (χ0v) is 8.68. The topological polar surface area (TPSA) is 17.1 Å². The van der Waals surface area contributed by atoms with Gasteiger partial charge in [-0.1, -0.05) is 27.2 Å². The molecule has 0 amide bonds. The summed E-state index contributed by atoms with van der Waals surface area (Å²) < 4.78 is 0. The molecule has 1 saturated carbocycles. The van der Waals surface area contributed by atoms with E-state index in [1.54, 1.807) is 6.92 Å². The average Bonchev–Trinajstić information content (AvgIpc) is 1.82. The molecule has 0 aliphatic heterocycles. The zero-order valence-electron chi connectivity index (χ0n) is 8.68. The summed E-state index contributed by atoms with van der Waals surface area (Å²) in [6.07, 6.45) is 3.73. The van der Waals surface area contributed by atoms with Crippen molar-refractivity contribution in [2.45, 2.75) is 47.0 Å². The highest BCUT2D eigenvalue weighted by atomic mass is 16.1. The second kappa shape index (κ2) is 3.20. The van der Waals surface area contributed by atoms with Gasteiger partial charge in [-0.2, -0.15) is 0 Å². The summed E-state index contributed by atoms with van der Waals surface area (Å²) in [7, 11) is 0. The average molecular weight is 168 g/mol. The molecule has 0 bridgehead atoms. The predicted octanol–water partition coefficient (Wildman–Crippen LogP) is 3.04. The van der Waals surface area contributed by atoms with Crippen LogP contribution in [-0.2, 0) is 4.79 Å². The van der Waals surface area contributed by atoms with Gasteiger partial charge in [-0.15, -0.1) is 0 Å². The molecular formula is C11H20O. The molecular weight excluding hydrogens is 148 g/mol. The fourth-order valence-corrected chi connectivity index (χ4v) is 2.92. The van der Waals surface area contributed by atoms with Crippen molar-refractivity contribution in [1.29, 1.82) is 0 Å². The van der Waals surface area contributed by atoms with Crippen LogP contribution in [0.4, 0.5) is 0 Å². The first kappa shape index (κ1) is 9.76. The van der Waals surface area contributed by atoms with Crippen molar-refractivity contribution < 1.29 is 4.79 Å². The SMILES string of the molecule is CC(=O)[C@H]1C(C)CCCC1(C)C. The molecule has 0 aromatic rings. The van der Waals surface area contributed by atoms with Gasteiger partial charge in [0.25, 0.3) is 0 Å². The molecule has 1 aliphatic carbocycles. The van der Waals surface area contributed by atoms with E-state index in [-0.39, 0.29) is 5.41 Å². The first-order valence-corrected chi connectivity index (χ1v) is 4.95. The molecule has 0 aromatic heterocycles. The summed E-state index contributed by atoms with van der Waals surface area (Å²) in [5, 5.41) is 0. The Morgan fingerprint density at radius 3 is 2.33 bits per heavy atom. The van der Waals surface area contributed by atoms with Crippen LogP contribution in [0.25, 0.3) is 0 Å². The second-order valence-electron chi connectivity index (χ2n) is 4.95. The maximum Gasteiger partial charge on any atom is 0.133 e. The van der Waals surface area contributed by atoms with Gasteiger partial charge in [-0.05, 0) is 31.1 Å². The van der Waals surface area contributed by atoms with Gasteiger partial charge in [0.1, 0.15) is 5.78 Å². The van der Waals surface area contributed by atoms with E-state index in [4.69, 9.17) is 0 Å². The summed E-state index contributed by atoms with van der Waals surface area (Å²) in [4.78, 5) is 11.4. The molecule has 2 atom stereocenters. The van der Waals surface area contributed by atoms with Crippen LogP contribution >= 0.6 is 0 Å². The Morgan fingerprint density at radius 1 is 1.42 bits per heavy atom. The Kier molecular flexibility index (Phi) is 2.60. The van der Waals surface area contributed by atoms with Crippen molar-refractivity contribution >= 4 is 5.78 Å². The number of ketones is 1. The minimum atomic E-state index is 0.240. The number of carbonyl (C=O) groups is 1. The lowest BCUT2D eigenvalue weighted by Gasteiger charge is -2.41. The fourth-order valence-electron chi connectivity index (χ4n) is 2.92. The highest BCUT2D eigenvalue weighted by Crippen LogP contribution is 2.44. The predicted molar refractivity (Wildman–Crippen MR) is 51.0 cm³/mol. The molecule has 1 rings (SSSR count). The Hall–Kier alpha value is -0.330. The summed E-state index contributed by atoms with van der Waals surface area (Å²) in [5.41, 5.74) is 0.240. The van der Waals surface area contributed by atoms with Gasteiger partial charge in [-0.3, -0.25) is 4.79 Å². The van der Waals surface area contributed by atoms with Crippen LogP contribution in [0, 0.1) is 17.3 Å². The summed E-state index contributed by atoms with van der Waals surface area (Å²) in [6, 6.07) is 0. The lowest BCUT2D eigenvalue weighted by atomic mass is 9.63. The van der Waals surface area contributed by atoms with E-state index in [2.05, 4.69) is 20.8 Å². The largest absolute Gasteiger partial charge is 0.300 e. The van der Waals surface area contributed by atoms with Crippen molar-refractivity contribution in [3.05, 3.63) is 0 Å². The normalized spacial score (nSPS) is 34.7. The molecule has 0 saturated heterocycles. The monoisotopic (exact) mass is 168 g/mol. The van der Waals surface area contributed by atoms with Crippen molar-refractivity contribution in [1.82, 2.24) is 0 Å². The van der Waals surface area contributed by atoms with Crippen molar-refractivity contribution in [3.63, 3.8) is 0 Å². The third-order valence-corrected chi connectivity index (χ3v) is 3.33. The molecule has 0 heterocycles. The van der Waals surface area contributed by atoms with Crippen LogP contribution in [0.1, 0.15) is 47.0 Å². The van der Waals surface area contributed by atoms with E-state index in [1.807, 2.05) is 0 Å². The first-order valence-electron chi connectivity index (χ1n) is 4.95. The zero-order chi connectivity index (χ0) is 9.35. The van der Waals surface area contributed by atoms with Gasteiger partial charge >= 0.3 is 0 Å². The van der Waals surface area contributed by atoms with Crippen LogP contribution < -0.4 is 0 Å². The van der Waals surface area contributed by atoms with E-state index in [9.17, 15) is 4.79 Å². The van der Waals surface area contributed by atoms with E-state index < -0.39 is 0 Å². The van der Waals surface area contributed by atoms with Crippen LogP contribution in [0.2, 0.25) is 0 Å². The van der Waals surface area contributed by atoms with E-state index in [0.29, 0.717) is 17.6 Å². The smallest absolute Gasteiger partial charge is 0.133 e. The Morgan fingerprint density at radius 2 is 2.00 bits per heavy atom. The summed E-state index contributed by atoms with van der Waals surface area (Å²) in [6.45, 7) is 8.42. The first-order chi connectivity index (χ1) is 5.45. The molecule has 70 valence electrons. The molecule has 0 radical (unpaired) electrons. The molecule has 1 nitrogen and oxygen atoms in total. The Bertz CT molecular complexity index is 181. The third kappa shape index (κ3) is 1.70. The van der Waals surface area contributed by atoms with E-state index in [1.165, 1.54) is 19.3 Å². The summed E-state index contributed by atoms with van der Waals surface area (Å²) in [5.74, 6) is 1.27. The highest BCUT2D eigenvalue weighted by molar-refractivity contribution is 5.79. The number of Topliss-reactive ketones (excluding diaryl/α,β-unsaturated/α-hetero) is 1. The van der Waals surface area contributed by atoms with Crippen LogP contribution in [-0.4, -0.2) is 5.78 Å². The van der Waals surface area contributed by atoms with Gasteiger partial charge in [0.15, 0.2) is 0 Å². The van der Waals surface area contributed by atoms with E-state index >= 15 is 0 Å². The fraction of sp³-hybridized carbons (Fsp3) is 0.909. The highest BCUT2D eigenvalue weighted by Gasteiger charge is 2.39. The lowest BCUT2D eigenvalue weighted by Crippen LogP contribution is -2.38. The molecule has 0 N–H and O–H groups in total. The van der Waals surface area contributed by atoms with Crippen LogP contribution in [0.15, 0.2) is 0 Å². The maximum absolute atomic E-state index is 11.4. The second-order valence-corrected chi connectivity index (χ2v) is 4.95. The molecule has 1 fully saturated rings. The van der Waals surface area contributed by atoms with Crippen molar-refractivity contribution in [2.24, 2.45) is 17.3 Å². The lowest BCUT2D eigenvalue weighted by molar-refractivity contribution is -0.128. The van der Waals surface area contributed by atoms with Crippen LogP contribution in [0.3, 0.4) is 0 Å². The molecule has 0 spiro atoms. The third-order valence-electron chi connectivity index (χ3n) is 3.33. The van der Waals surface area contributed by atoms with Gasteiger partial charge in [0, 0.05) is 5.92 Å². The van der Waals surface area contributed by atoms with Gasteiger partial charge in [0.05, 0.1) is 0 Å². The molecule has 12 heavy (non-hydrogen) atoms. The van der Waals surface area contributed by atoms with Gasteiger partial charge in [0.2, 0.25) is 0 Å². The minimum absolute atomic E-state index is 0.240. The van der Waals surface area contributed by atoms with E-state index in [0.717, 1.165) is 0 Å². The number of carbonyl (C=O) groups excluding carboxylic acids is 1. The minimum Gasteiger partial charge on any atom is -0.300 e. The van der Waals surface area contributed by atoms with Crippen LogP contribution in [0.5, 0.6) is 0 Å². The number of hydrogen-bond acceptors (Lipinski definition) is 1. The Balaban J connectivity index is 2.81. The molecule has 1 unspecified atom stereocenters. The quantitative estimate of drug-likeness (QED) is 0.588. The molecule has 1 aliphatic rings. The summed E-state index contributed by atoms with van der Waals surface area (Å²) >= 11 is 0. The van der Waals surface area contributed by atoms with Gasteiger partial charge < -0.3 is 0 Å². The van der Waals surface area contributed by atoms with Crippen molar-refractivity contribution in [3.8, 4) is 0 Å². The van der Waals surface area contributed by atoms with Gasteiger partial charge in [-0.25, -0.2) is 0 Å². The number of hydrogen-bond donors (Lipinski definition) is 0. The van der Waals surface area contributed by atoms with Crippen molar-refractivity contribution in [2.75, 3.05) is 0 Å².